The number of carbonyl (C=O) groups is 2. The molecule has 0 amide bonds. The number of ketones is 1. The number of para-hydroxylation sites is 2. The average molecular weight is 328 g/mol. The highest BCUT2D eigenvalue weighted by atomic mass is 16.6. The van der Waals surface area contributed by atoms with Crippen molar-refractivity contribution in [1.82, 2.24) is 0 Å². The van der Waals surface area contributed by atoms with Crippen LogP contribution in [0.4, 0.5) is 17.1 Å². The third kappa shape index (κ3) is 4.16. The first-order valence-electron chi connectivity index (χ1n) is 7.31. The van der Waals surface area contributed by atoms with Crippen molar-refractivity contribution in [1.29, 1.82) is 0 Å². The molecule has 0 aromatic heterocycles. The van der Waals surface area contributed by atoms with Crippen molar-refractivity contribution in [2.24, 2.45) is 0 Å². The maximum absolute atomic E-state index is 12.2. The van der Waals surface area contributed by atoms with Crippen molar-refractivity contribution in [2.75, 3.05) is 11.9 Å². The second-order valence-corrected chi connectivity index (χ2v) is 4.85. The highest BCUT2D eigenvalue weighted by molar-refractivity contribution is 6.09. The summed E-state index contributed by atoms with van der Waals surface area (Å²) < 4.78 is 4.72. The largest absolute Gasteiger partial charge is 0.466 e. The van der Waals surface area contributed by atoms with E-state index in [1.807, 2.05) is 6.07 Å². The van der Waals surface area contributed by atoms with Crippen molar-refractivity contribution >= 4 is 28.8 Å². The van der Waals surface area contributed by atoms with Gasteiger partial charge in [0.05, 0.1) is 17.1 Å². The third-order valence-corrected chi connectivity index (χ3v) is 3.18. The van der Waals surface area contributed by atoms with E-state index in [4.69, 9.17) is 4.74 Å². The summed E-state index contributed by atoms with van der Waals surface area (Å²) in [5.41, 5.74) is 0.334. The summed E-state index contributed by atoms with van der Waals surface area (Å²) >= 11 is 0. The van der Waals surface area contributed by atoms with Crippen LogP contribution in [0.1, 0.15) is 23.7 Å². The fraction of sp³-hybridized carbons (Fsp3) is 0.176. The van der Waals surface area contributed by atoms with Crippen LogP contribution in [0.5, 0.6) is 0 Å². The van der Waals surface area contributed by atoms with Crippen molar-refractivity contribution < 1.29 is 19.2 Å². The van der Waals surface area contributed by atoms with Gasteiger partial charge in [0, 0.05) is 5.69 Å². The average Bonchev–Trinajstić information content (AvgIpc) is 2.55. The monoisotopic (exact) mass is 328 g/mol. The van der Waals surface area contributed by atoms with E-state index in [0.29, 0.717) is 5.69 Å². The lowest BCUT2D eigenvalue weighted by Gasteiger charge is -2.09. The minimum absolute atomic E-state index is 0.131. The van der Waals surface area contributed by atoms with E-state index in [-0.39, 0.29) is 23.5 Å². The minimum Gasteiger partial charge on any atom is -0.466 e. The molecular formula is C17H16N2O5. The fourth-order valence-electron chi connectivity index (χ4n) is 2.18. The van der Waals surface area contributed by atoms with Crippen molar-refractivity contribution in [3.63, 3.8) is 0 Å². The zero-order chi connectivity index (χ0) is 17.5. The molecule has 2 aromatic carbocycles. The molecule has 0 unspecified atom stereocenters. The van der Waals surface area contributed by atoms with E-state index < -0.39 is 23.1 Å². The molecule has 0 bridgehead atoms. The molecule has 2 rings (SSSR count). The van der Waals surface area contributed by atoms with Gasteiger partial charge in [-0.3, -0.25) is 19.7 Å². The van der Waals surface area contributed by atoms with Gasteiger partial charge in [0.1, 0.15) is 12.1 Å². The van der Waals surface area contributed by atoms with E-state index in [1.165, 1.54) is 18.2 Å². The Kier molecular flexibility index (Phi) is 5.62. The van der Waals surface area contributed by atoms with Gasteiger partial charge in [-0.25, -0.2) is 0 Å². The molecule has 0 saturated heterocycles. The number of hydrogen-bond donors (Lipinski definition) is 1. The number of nitrogens with one attached hydrogen (secondary N) is 1. The Morgan fingerprint density at radius 2 is 1.83 bits per heavy atom. The van der Waals surface area contributed by atoms with E-state index in [9.17, 15) is 19.7 Å². The minimum atomic E-state index is -0.710. The van der Waals surface area contributed by atoms with E-state index in [1.54, 1.807) is 31.2 Å². The van der Waals surface area contributed by atoms with Crippen LogP contribution in [0.15, 0.2) is 48.5 Å². The normalized spacial score (nSPS) is 10.0. The lowest BCUT2D eigenvalue weighted by atomic mass is 10.0. The Morgan fingerprint density at radius 3 is 2.46 bits per heavy atom. The SMILES string of the molecule is CCOC(=O)CC(=O)c1cccc(Nc2ccccc2)c1[N+](=O)[O-]. The van der Waals surface area contributed by atoms with E-state index in [2.05, 4.69) is 5.32 Å². The summed E-state index contributed by atoms with van der Waals surface area (Å²) in [7, 11) is 0. The topological polar surface area (TPSA) is 98.5 Å². The summed E-state index contributed by atoms with van der Waals surface area (Å²) in [6.45, 7) is 1.76. The summed E-state index contributed by atoms with van der Waals surface area (Å²) in [6.07, 6.45) is -0.538. The number of Topliss-reactive ketones (excluding diaryl/α,β-unsaturated/α-hetero) is 1. The van der Waals surface area contributed by atoms with Crippen molar-refractivity contribution in [3.05, 3.63) is 64.2 Å². The molecule has 0 fully saturated rings. The number of esters is 1. The van der Waals surface area contributed by atoms with Crippen LogP contribution in [0, 0.1) is 10.1 Å². The molecular weight excluding hydrogens is 312 g/mol. The molecule has 24 heavy (non-hydrogen) atoms. The molecule has 0 aliphatic rings. The van der Waals surface area contributed by atoms with Crippen LogP contribution in [-0.4, -0.2) is 23.3 Å². The van der Waals surface area contributed by atoms with E-state index >= 15 is 0 Å². The van der Waals surface area contributed by atoms with Crippen LogP contribution in [0.3, 0.4) is 0 Å². The first-order valence-corrected chi connectivity index (χ1v) is 7.31. The van der Waals surface area contributed by atoms with Gasteiger partial charge in [-0.1, -0.05) is 24.3 Å². The van der Waals surface area contributed by atoms with Gasteiger partial charge < -0.3 is 10.1 Å². The molecule has 1 N–H and O–H groups in total. The van der Waals surface area contributed by atoms with Crippen LogP contribution in [-0.2, 0) is 9.53 Å². The predicted octanol–water partition coefficient (Wildman–Crippen LogP) is 3.47. The number of nitrogens with zero attached hydrogens (tertiary/aromatic N) is 1. The summed E-state index contributed by atoms with van der Waals surface area (Å²) in [5, 5.41) is 14.4. The number of anilines is 2. The Morgan fingerprint density at radius 1 is 1.12 bits per heavy atom. The van der Waals surface area contributed by atoms with Gasteiger partial charge in [-0.05, 0) is 31.2 Å². The molecule has 0 aliphatic carbocycles. The second-order valence-electron chi connectivity index (χ2n) is 4.85. The lowest BCUT2D eigenvalue weighted by Crippen LogP contribution is -2.13. The Balaban J connectivity index is 2.35. The molecule has 0 heterocycles. The third-order valence-electron chi connectivity index (χ3n) is 3.18. The number of carbonyl (C=O) groups excluding carboxylic acids is 2. The lowest BCUT2D eigenvalue weighted by molar-refractivity contribution is -0.384. The van der Waals surface area contributed by atoms with Gasteiger partial charge in [-0.15, -0.1) is 0 Å². The van der Waals surface area contributed by atoms with E-state index in [0.717, 1.165) is 0 Å². The van der Waals surface area contributed by atoms with Gasteiger partial charge >= 0.3 is 11.7 Å². The first kappa shape index (κ1) is 17.1. The molecule has 0 radical (unpaired) electrons. The van der Waals surface area contributed by atoms with Gasteiger partial charge in [-0.2, -0.15) is 0 Å². The van der Waals surface area contributed by atoms with Gasteiger partial charge in [0.15, 0.2) is 5.78 Å². The zero-order valence-electron chi connectivity index (χ0n) is 13.0. The summed E-state index contributed by atoms with van der Waals surface area (Å²) in [4.78, 5) is 34.5. The molecule has 0 aliphatic heterocycles. The van der Waals surface area contributed by atoms with Crippen LogP contribution in [0.2, 0.25) is 0 Å². The number of nitro benzene ring substituents is 1. The molecule has 0 atom stereocenters. The summed E-state index contributed by atoms with van der Waals surface area (Å²) in [5.74, 6) is -1.37. The fourth-order valence-corrected chi connectivity index (χ4v) is 2.18. The standard InChI is InChI=1S/C17H16N2O5/c1-2-24-16(21)11-15(20)13-9-6-10-14(17(13)19(22)23)18-12-7-4-3-5-8-12/h3-10,18H,2,11H2,1H3. The Labute approximate surface area is 138 Å². The first-order chi connectivity index (χ1) is 11.5. The number of rotatable bonds is 7. The zero-order valence-corrected chi connectivity index (χ0v) is 13.0. The maximum Gasteiger partial charge on any atom is 0.313 e. The quantitative estimate of drug-likeness (QED) is 0.275. The highest BCUT2D eigenvalue weighted by Gasteiger charge is 2.26. The van der Waals surface area contributed by atoms with Gasteiger partial charge in [0.25, 0.3) is 0 Å². The molecule has 7 heteroatoms. The molecule has 2 aromatic rings. The van der Waals surface area contributed by atoms with Gasteiger partial charge in [0.2, 0.25) is 0 Å². The molecule has 0 saturated carbocycles. The number of ether oxygens (including phenoxy) is 1. The molecule has 124 valence electrons. The summed E-state index contributed by atoms with van der Waals surface area (Å²) in [6, 6.07) is 13.2. The number of nitro groups is 1. The highest BCUT2D eigenvalue weighted by Crippen LogP contribution is 2.31. The Bertz CT molecular complexity index is 759. The van der Waals surface area contributed by atoms with Crippen LogP contribution >= 0.6 is 0 Å². The number of benzene rings is 2. The second kappa shape index (κ2) is 7.87. The van der Waals surface area contributed by atoms with Crippen molar-refractivity contribution in [2.45, 2.75) is 13.3 Å². The van der Waals surface area contributed by atoms with Crippen LogP contribution < -0.4 is 5.32 Å². The van der Waals surface area contributed by atoms with Crippen molar-refractivity contribution in [3.8, 4) is 0 Å². The van der Waals surface area contributed by atoms with Crippen LogP contribution in [0.25, 0.3) is 0 Å². The molecule has 0 spiro atoms. The Hall–Kier alpha value is -3.22. The smallest absolute Gasteiger partial charge is 0.313 e. The number of hydrogen-bond acceptors (Lipinski definition) is 6. The predicted molar refractivity (Wildman–Crippen MR) is 88.4 cm³/mol. The molecule has 7 nitrogen and oxygen atoms in total. The maximum atomic E-state index is 12.2.